The predicted molar refractivity (Wildman–Crippen MR) is 102 cm³/mol. The molecule has 0 fully saturated rings. The minimum Gasteiger partial charge on any atom is -0.462 e. The first-order valence-electron chi connectivity index (χ1n) is 8.08. The van der Waals surface area contributed by atoms with Crippen LogP contribution in [0.2, 0.25) is 0 Å². The second-order valence-corrected chi connectivity index (χ2v) is 6.44. The van der Waals surface area contributed by atoms with E-state index in [0.717, 1.165) is 15.9 Å². The third-order valence-corrected chi connectivity index (χ3v) is 4.62. The van der Waals surface area contributed by atoms with Crippen LogP contribution in [0.15, 0.2) is 40.8 Å². The molecular weight excluding hydrogens is 388 g/mol. The molecule has 28 heavy (non-hydrogen) atoms. The molecule has 0 atom stereocenters. The van der Waals surface area contributed by atoms with E-state index in [1.165, 1.54) is 36.0 Å². The van der Waals surface area contributed by atoms with Gasteiger partial charge in [-0.25, -0.2) is 9.78 Å². The molecule has 144 valence electrons. The molecule has 0 aliphatic carbocycles. The Balaban J connectivity index is 1.81. The van der Waals surface area contributed by atoms with Crippen molar-refractivity contribution < 1.29 is 19.2 Å². The number of nitro groups is 1. The SMILES string of the molecule is CCOC(=O)c1csc2ncn(CC(=O)Nc3ccc([N+](=O)[O-])cc3)c(=O)c12. The molecule has 3 aromatic rings. The molecule has 0 spiro atoms. The van der Waals surface area contributed by atoms with Crippen molar-refractivity contribution in [3.8, 4) is 0 Å². The van der Waals surface area contributed by atoms with Crippen molar-refractivity contribution in [2.75, 3.05) is 11.9 Å². The largest absolute Gasteiger partial charge is 0.462 e. The van der Waals surface area contributed by atoms with Crippen LogP contribution in [-0.2, 0) is 16.1 Å². The van der Waals surface area contributed by atoms with E-state index in [0.29, 0.717) is 10.5 Å². The number of esters is 1. The number of nitrogens with one attached hydrogen (secondary N) is 1. The minimum absolute atomic E-state index is 0.104. The summed E-state index contributed by atoms with van der Waals surface area (Å²) in [6, 6.07) is 5.29. The van der Waals surface area contributed by atoms with Gasteiger partial charge in [0.05, 0.1) is 28.8 Å². The average Bonchev–Trinajstić information content (AvgIpc) is 3.09. The Kier molecular flexibility index (Phi) is 5.45. The lowest BCUT2D eigenvalue weighted by atomic mass is 10.2. The molecule has 0 saturated heterocycles. The molecular formula is C17H14N4O6S. The molecule has 1 aromatic carbocycles. The van der Waals surface area contributed by atoms with Crippen molar-refractivity contribution in [3.63, 3.8) is 0 Å². The number of fused-ring (bicyclic) bond motifs is 1. The Bertz CT molecular complexity index is 1120. The van der Waals surface area contributed by atoms with E-state index in [-0.39, 0.29) is 29.8 Å². The van der Waals surface area contributed by atoms with Crippen LogP contribution in [0, 0.1) is 10.1 Å². The Morgan fingerprint density at radius 1 is 1.32 bits per heavy atom. The summed E-state index contributed by atoms with van der Waals surface area (Å²) < 4.78 is 6.02. The van der Waals surface area contributed by atoms with E-state index in [1.54, 1.807) is 6.92 Å². The Hall–Kier alpha value is -3.60. The number of aromatic nitrogens is 2. The summed E-state index contributed by atoms with van der Waals surface area (Å²) in [7, 11) is 0. The van der Waals surface area contributed by atoms with Gasteiger partial charge in [0.2, 0.25) is 5.91 Å². The fraction of sp³-hybridized carbons (Fsp3) is 0.176. The summed E-state index contributed by atoms with van der Waals surface area (Å²) in [6.07, 6.45) is 1.23. The van der Waals surface area contributed by atoms with Crippen LogP contribution >= 0.6 is 11.3 Å². The van der Waals surface area contributed by atoms with Gasteiger partial charge in [0, 0.05) is 23.2 Å². The molecule has 0 unspecified atom stereocenters. The summed E-state index contributed by atoms with van der Waals surface area (Å²) in [6.45, 7) is 1.49. The van der Waals surface area contributed by atoms with Crippen LogP contribution in [-0.4, -0.2) is 33.0 Å². The fourth-order valence-corrected chi connectivity index (χ4v) is 3.33. The number of hydrogen-bond donors (Lipinski definition) is 1. The van der Waals surface area contributed by atoms with Crippen molar-refractivity contribution in [2.24, 2.45) is 0 Å². The highest BCUT2D eigenvalue weighted by Gasteiger charge is 2.19. The Morgan fingerprint density at radius 2 is 2.04 bits per heavy atom. The number of benzene rings is 1. The van der Waals surface area contributed by atoms with Gasteiger partial charge in [0.15, 0.2) is 0 Å². The van der Waals surface area contributed by atoms with Gasteiger partial charge in [-0.1, -0.05) is 0 Å². The highest BCUT2D eigenvalue weighted by atomic mass is 32.1. The molecule has 0 saturated carbocycles. The number of carbonyl (C=O) groups is 2. The molecule has 1 amide bonds. The van der Waals surface area contributed by atoms with Gasteiger partial charge in [-0.3, -0.25) is 24.3 Å². The van der Waals surface area contributed by atoms with Crippen molar-refractivity contribution in [3.05, 3.63) is 62.0 Å². The highest BCUT2D eigenvalue weighted by Crippen LogP contribution is 2.21. The Morgan fingerprint density at radius 3 is 2.68 bits per heavy atom. The van der Waals surface area contributed by atoms with E-state index in [2.05, 4.69) is 10.3 Å². The molecule has 0 bridgehead atoms. The molecule has 3 rings (SSSR count). The lowest BCUT2D eigenvalue weighted by molar-refractivity contribution is -0.384. The average molecular weight is 402 g/mol. The quantitative estimate of drug-likeness (QED) is 0.379. The molecule has 1 N–H and O–H groups in total. The maximum atomic E-state index is 12.7. The van der Waals surface area contributed by atoms with Gasteiger partial charge < -0.3 is 10.1 Å². The smallest absolute Gasteiger partial charge is 0.339 e. The second kappa shape index (κ2) is 7.96. The minimum atomic E-state index is -0.624. The van der Waals surface area contributed by atoms with Gasteiger partial charge in [-0.15, -0.1) is 11.3 Å². The van der Waals surface area contributed by atoms with E-state index in [1.807, 2.05) is 0 Å². The number of rotatable bonds is 6. The molecule has 2 aromatic heterocycles. The number of nitrogens with zero attached hydrogens (tertiary/aromatic N) is 3. The zero-order valence-corrected chi connectivity index (χ0v) is 15.4. The number of amides is 1. The van der Waals surface area contributed by atoms with Crippen LogP contribution in [0.4, 0.5) is 11.4 Å². The fourth-order valence-electron chi connectivity index (χ4n) is 2.46. The molecule has 11 heteroatoms. The summed E-state index contributed by atoms with van der Waals surface area (Å²) in [5.74, 6) is -1.15. The van der Waals surface area contributed by atoms with E-state index in [9.17, 15) is 24.5 Å². The number of hydrogen-bond acceptors (Lipinski definition) is 8. The first kappa shape index (κ1) is 19.2. The van der Waals surface area contributed by atoms with Crippen molar-refractivity contribution >= 4 is 44.8 Å². The number of thiophene rings is 1. The lowest BCUT2D eigenvalue weighted by Gasteiger charge is -2.07. The van der Waals surface area contributed by atoms with Crippen LogP contribution < -0.4 is 10.9 Å². The number of nitro benzene ring substituents is 1. The van der Waals surface area contributed by atoms with Crippen molar-refractivity contribution in [1.29, 1.82) is 0 Å². The first-order chi connectivity index (χ1) is 13.4. The molecule has 0 radical (unpaired) electrons. The zero-order valence-electron chi connectivity index (χ0n) is 14.6. The van der Waals surface area contributed by atoms with Crippen molar-refractivity contribution in [1.82, 2.24) is 9.55 Å². The summed E-state index contributed by atoms with van der Waals surface area (Å²) in [5.41, 5.74) is -0.175. The van der Waals surface area contributed by atoms with Gasteiger partial charge >= 0.3 is 5.97 Å². The first-order valence-corrected chi connectivity index (χ1v) is 8.96. The summed E-state index contributed by atoms with van der Waals surface area (Å²) in [5, 5.41) is 14.8. The second-order valence-electron chi connectivity index (χ2n) is 5.58. The molecule has 0 aliphatic rings. The lowest BCUT2D eigenvalue weighted by Crippen LogP contribution is -2.28. The predicted octanol–water partition coefficient (Wildman–Crippen LogP) is 2.18. The third-order valence-electron chi connectivity index (χ3n) is 3.73. The number of anilines is 1. The van der Waals surface area contributed by atoms with Crippen molar-refractivity contribution in [2.45, 2.75) is 13.5 Å². The normalized spacial score (nSPS) is 10.6. The number of ether oxygens (including phenoxy) is 1. The standard InChI is InChI=1S/C17H14N4O6S/c1-2-27-17(24)12-8-28-15-14(12)16(23)20(9-18-15)7-13(22)19-10-3-5-11(6-4-10)21(25)26/h3-6,8-9H,2,7H2,1H3,(H,19,22). The van der Waals surface area contributed by atoms with E-state index >= 15 is 0 Å². The number of non-ortho nitro benzene ring substituents is 1. The Labute approximate surface area is 161 Å². The summed E-state index contributed by atoms with van der Waals surface area (Å²) >= 11 is 1.14. The third kappa shape index (κ3) is 3.88. The monoisotopic (exact) mass is 402 g/mol. The van der Waals surface area contributed by atoms with Crippen LogP contribution in [0.1, 0.15) is 17.3 Å². The molecule has 0 aliphatic heterocycles. The van der Waals surface area contributed by atoms with Gasteiger partial charge in [-0.05, 0) is 19.1 Å². The van der Waals surface area contributed by atoms with Gasteiger partial charge in [0.25, 0.3) is 11.2 Å². The van der Waals surface area contributed by atoms with Gasteiger partial charge in [-0.2, -0.15) is 0 Å². The highest BCUT2D eigenvalue weighted by molar-refractivity contribution is 7.17. The molecule has 10 nitrogen and oxygen atoms in total. The maximum Gasteiger partial charge on any atom is 0.339 e. The zero-order chi connectivity index (χ0) is 20.3. The maximum absolute atomic E-state index is 12.7. The van der Waals surface area contributed by atoms with Crippen LogP contribution in [0.5, 0.6) is 0 Å². The van der Waals surface area contributed by atoms with E-state index in [4.69, 9.17) is 4.74 Å². The van der Waals surface area contributed by atoms with Crippen LogP contribution in [0.3, 0.4) is 0 Å². The molecule has 2 heterocycles. The summed E-state index contributed by atoms with van der Waals surface area (Å²) in [4.78, 5) is 51.5. The number of carbonyl (C=O) groups excluding carboxylic acids is 2. The van der Waals surface area contributed by atoms with Crippen LogP contribution in [0.25, 0.3) is 10.2 Å². The van der Waals surface area contributed by atoms with Gasteiger partial charge in [0.1, 0.15) is 11.4 Å². The topological polar surface area (TPSA) is 133 Å². The van der Waals surface area contributed by atoms with E-state index < -0.39 is 22.4 Å².